The Labute approximate surface area is 170 Å². The monoisotopic (exact) mass is 429 g/mol. The number of carbonyl (C=O) groups excluding carboxylic acids is 2. The van der Waals surface area contributed by atoms with Gasteiger partial charge in [-0.1, -0.05) is 18.5 Å². The van der Waals surface area contributed by atoms with Gasteiger partial charge in [-0.3, -0.25) is 9.59 Å². The highest BCUT2D eigenvalue weighted by Crippen LogP contribution is 2.32. The molecule has 140 valence electrons. The number of aromatic nitrogens is 1. The first-order chi connectivity index (χ1) is 12.5. The predicted octanol–water partition coefficient (Wildman–Crippen LogP) is 4.46. The van der Waals surface area contributed by atoms with Crippen molar-refractivity contribution in [3.63, 3.8) is 0 Å². The molecular formula is C17H20ClN3O2S3. The number of piperidine rings is 1. The third-order valence-electron chi connectivity index (χ3n) is 4.04. The first-order valence-corrected chi connectivity index (χ1v) is 11.6. The lowest BCUT2D eigenvalue weighted by Gasteiger charge is -2.30. The van der Waals surface area contributed by atoms with Crippen LogP contribution in [0.3, 0.4) is 0 Å². The van der Waals surface area contributed by atoms with Gasteiger partial charge in [0.25, 0.3) is 0 Å². The number of thiophene rings is 1. The summed E-state index contributed by atoms with van der Waals surface area (Å²) in [7, 11) is 0. The number of likely N-dealkylation sites (tertiary alicyclic amines) is 1. The Kier molecular flexibility index (Phi) is 6.97. The van der Waals surface area contributed by atoms with Crippen LogP contribution in [0.2, 0.25) is 4.34 Å². The van der Waals surface area contributed by atoms with Gasteiger partial charge in [0.15, 0.2) is 5.13 Å². The van der Waals surface area contributed by atoms with Crippen LogP contribution in [0.4, 0.5) is 5.13 Å². The van der Waals surface area contributed by atoms with Crippen LogP contribution in [0.15, 0.2) is 17.5 Å². The molecule has 1 aliphatic heterocycles. The molecule has 1 saturated heterocycles. The van der Waals surface area contributed by atoms with Crippen LogP contribution in [-0.4, -0.2) is 46.3 Å². The SMILES string of the molecule is CC1CCCN(C(=O)CSCC(=O)Nc2nc(-c3ccc(Cl)s3)cs2)C1. The van der Waals surface area contributed by atoms with Gasteiger partial charge in [-0.2, -0.15) is 0 Å². The summed E-state index contributed by atoms with van der Waals surface area (Å²) in [6.45, 7) is 3.84. The Morgan fingerprint density at radius 2 is 2.27 bits per heavy atom. The van der Waals surface area contributed by atoms with Crippen molar-refractivity contribution < 1.29 is 9.59 Å². The number of halogens is 1. The first-order valence-electron chi connectivity index (χ1n) is 8.38. The normalized spacial score (nSPS) is 17.3. The topological polar surface area (TPSA) is 62.3 Å². The highest BCUT2D eigenvalue weighted by atomic mass is 35.5. The van der Waals surface area contributed by atoms with E-state index in [0.717, 1.165) is 30.1 Å². The van der Waals surface area contributed by atoms with Crippen molar-refractivity contribution in [1.82, 2.24) is 9.88 Å². The number of hydrogen-bond acceptors (Lipinski definition) is 6. The lowest BCUT2D eigenvalue weighted by atomic mass is 10.0. The second-order valence-corrected chi connectivity index (χ2v) is 9.83. The van der Waals surface area contributed by atoms with Gasteiger partial charge < -0.3 is 10.2 Å². The van der Waals surface area contributed by atoms with Crippen LogP contribution in [0, 0.1) is 5.92 Å². The minimum atomic E-state index is -0.139. The zero-order valence-corrected chi connectivity index (χ0v) is 17.6. The third-order valence-corrected chi connectivity index (χ3v) is 6.97. The van der Waals surface area contributed by atoms with E-state index in [9.17, 15) is 9.59 Å². The van der Waals surface area contributed by atoms with E-state index < -0.39 is 0 Å². The molecule has 3 heterocycles. The van der Waals surface area contributed by atoms with Gasteiger partial charge in [0.1, 0.15) is 0 Å². The Morgan fingerprint density at radius 1 is 1.42 bits per heavy atom. The summed E-state index contributed by atoms with van der Waals surface area (Å²) in [4.78, 5) is 31.6. The summed E-state index contributed by atoms with van der Waals surface area (Å²) in [6.07, 6.45) is 2.26. The summed E-state index contributed by atoms with van der Waals surface area (Å²) in [5.74, 6) is 1.14. The second-order valence-electron chi connectivity index (χ2n) is 6.27. The molecule has 26 heavy (non-hydrogen) atoms. The summed E-state index contributed by atoms with van der Waals surface area (Å²) in [6, 6.07) is 3.74. The van der Waals surface area contributed by atoms with Crippen molar-refractivity contribution in [3.8, 4) is 10.6 Å². The highest BCUT2D eigenvalue weighted by molar-refractivity contribution is 8.00. The molecular weight excluding hydrogens is 410 g/mol. The standard InChI is InChI=1S/C17H20ClN3O2S3/c1-11-3-2-6-21(7-11)16(23)10-24-9-15(22)20-17-19-12(8-25-17)13-4-5-14(18)26-13/h4-5,8,11H,2-3,6-7,9-10H2,1H3,(H,19,20,22). The van der Waals surface area contributed by atoms with E-state index in [1.807, 2.05) is 22.4 Å². The Morgan fingerprint density at radius 3 is 3.00 bits per heavy atom. The number of rotatable bonds is 6. The minimum Gasteiger partial charge on any atom is -0.342 e. The Balaban J connectivity index is 1.42. The molecule has 5 nitrogen and oxygen atoms in total. The summed E-state index contributed by atoms with van der Waals surface area (Å²) in [5, 5.41) is 5.25. The van der Waals surface area contributed by atoms with E-state index in [1.54, 1.807) is 0 Å². The van der Waals surface area contributed by atoms with Gasteiger partial charge in [-0.15, -0.1) is 34.4 Å². The van der Waals surface area contributed by atoms with Gasteiger partial charge >= 0.3 is 0 Å². The van der Waals surface area contributed by atoms with Crippen molar-refractivity contribution in [2.24, 2.45) is 5.92 Å². The number of nitrogens with one attached hydrogen (secondary N) is 1. The largest absolute Gasteiger partial charge is 0.342 e. The molecule has 2 amide bonds. The Hall–Kier alpha value is -1.09. The van der Waals surface area contributed by atoms with E-state index in [1.165, 1.54) is 40.9 Å². The summed E-state index contributed by atoms with van der Waals surface area (Å²) in [5.41, 5.74) is 0.809. The second kappa shape index (κ2) is 9.21. The molecule has 0 aromatic carbocycles. The van der Waals surface area contributed by atoms with E-state index in [0.29, 0.717) is 21.1 Å². The quantitative estimate of drug-likeness (QED) is 0.736. The molecule has 0 aliphatic carbocycles. The molecule has 3 rings (SSSR count). The number of anilines is 1. The van der Waals surface area contributed by atoms with Crippen molar-refractivity contribution in [2.75, 3.05) is 29.9 Å². The zero-order valence-electron chi connectivity index (χ0n) is 14.4. The number of nitrogens with zero attached hydrogens (tertiary/aromatic N) is 2. The maximum Gasteiger partial charge on any atom is 0.236 e. The fraction of sp³-hybridized carbons (Fsp3) is 0.471. The summed E-state index contributed by atoms with van der Waals surface area (Å²) < 4.78 is 0.711. The molecule has 0 spiro atoms. The molecule has 1 unspecified atom stereocenters. The van der Waals surface area contributed by atoms with Gasteiger partial charge in [-0.25, -0.2) is 4.98 Å². The molecule has 2 aromatic rings. The van der Waals surface area contributed by atoms with Gasteiger partial charge in [0.2, 0.25) is 11.8 Å². The minimum absolute atomic E-state index is 0.125. The van der Waals surface area contributed by atoms with Crippen LogP contribution < -0.4 is 5.32 Å². The number of amides is 2. The smallest absolute Gasteiger partial charge is 0.236 e. The maximum atomic E-state index is 12.2. The average molecular weight is 430 g/mol. The lowest BCUT2D eigenvalue weighted by molar-refractivity contribution is -0.130. The lowest BCUT2D eigenvalue weighted by Crippen LogP contribution is -2.40. The van der Waals surface area contributed by atoms with Gasteiger partial charge in [0, 0.05) is 18.5 Å². The third kappa shape index (κ3) is 5.45. The van der Waals surface area contributed by atoms with Crippen LogP contribution >= 0.6 is 46.0 Å². The number of carbonyl (C=O) groups is 2. The van der Waals surface area contributed by atoms with E-state index in [4.69, 9.17) is 11.6 Å². The van der Waals surface area contributed by atoms with Crippen molar-refractivity contribution in [3.05, 3.63) is 21.8 Å². The van der Waals surface area contributed by atoms with Gasteiger partial charge in [0.05, 0.1) is 26.4 Å². The number of thioether (sulfide) groups is 1. The fourth-order valence-electron chi connectivity index (χ4n) is 2.79. The first kappa shape index (κ1) is 19.7. The molecule has 2 aromatic heterocycles. The molecule has 1 atom stereocenters. The molecule has 0 saturated carbocycles. The molecule has 1 fully saturated rings. The van der Waals surface area contributed by atoms with Crippen LogP contribution in [0.5, 0.6) is 0 Å². The fourth-order valence-corrected chi connectivity index (χ4v) is 5.31. The van der Waals surface area contributed by atoms with Crippen molar-refractivity contribution in [2.45, 2.75) is 19.8 Å². The van der Waals surface area contributed by atoms with Crippen molar-refractivity contribution >= 4 is 63.0 Å². The molecule has 0 bridgehead atoms. The van der Waals surface area contributed by atoms with Crippen LogP contribution in [0.1, 0.15) is 19.8 Å². The Bertz CT molecular complexity index is 777. The molecule has 9 heteroatoms. The van der Waals surface area contributed by atoms with Crippen LogP contribution in [0.25, 0.3) is 10.6 Å². The van der Waals surface area contributed by atoms with Crippen LogP contribution in [-0.2, 0) is 9.59 Å². The summed E-state index contributed by atoms with van der Waals surface area (Å²) >= 11 is 10.1. The number of hydrogen-bond donors (Lipinski definition) is 1. The molecule has 1 N–H and O–H groups in total. The predicted molar refractivity (Wildman–Crippen MR) is 111 cm³/mol. The number of thiazole rings is 1. The van der Waals surface area contributed by atoms with E-state index in [-0.39, 0.29) is 17.6 Å². The van der Waals surface area contributed by atoms with Crippen molar-refractivity contribution in [1.29, 1.82) is 0 Å². The molecule has 1 aliphatic rings. The maximum absolute atomic E-state index is 12.2. The van der Waals surface area contributed by atoms with E-state index in [2.05, 4.69) is 17.2 Å². The molecule has 0 radical (unpaired) electrons. The van der Waals surface area contributed by atoms with Gasteiger partial charge in [-0.05, 0) is 30.9 Å². The van der Waals surface area contributed by atoms with E-state index >= 15 is 0 Å². The average Bonchev–Trinajstić information content (AvgIpc) is 3.23. The highest BCUT2D eigenvalue weighted by Gasteiger charge is 2.21. The zero-order chi connectivity index (χ0) is 18.5.